The summed E-state index contributed by atoms with van der Waals surface area (Å²) < 4.78 is 0. The van der Waals surface area contributed by atoms with E-state index in [0.717, 1.165) is 18.8 Å². The summed E-state index contributed by atoms with van der Waals surface area (Å²) in [5.41, 5.74) is 0.181. The first-order chi connectivity index (χ1) is 8.62. The van der Waals surface area contributed by atoms with Crippen molar-refractivity contribution in [2.24, 2.45) is 5.41 Å². The molecule has 0 fully saturated rings. The van der Waals surface area contributed by atoms with E-state index in [0.29, 0.717) is 5.88 Å². The number of hydrogen-bond donors (Lipinski definition) is 1. The molecule has 1 heterocycles. The fourth-order valence-corrected chi connectivity index (χ4v) is 2.44. The maximum Gasteiger partial charge on any atom is 0.133 e. The third kappa shape index (κ3) is 3.14. The van der Waals surface area contributed by atoms with Crippen molar-refractivity contribution in [1.82, 2.24) is 4.98 Å². The van der Waals surface area contributed by atoms with Crippen LogP contribution in [0.4, 0.5) is 5.82 Å². The predicted molar refractivity (Wildman–Crippen MR) is 79.4 cm³/mol. The van der Waals surface area contributed by atoms with Crippen LogP contribution in [-0.4, -0.2) is 17.4 Å². The van der Waals surface area contributed by atoms with Crippen molar-refractivity contribution in [3.63, 3.8) is 0 Å². The normalized spacial score (nSPS) is 11.7. The molecule has 0 aliphatic rings. The minimum Gasteiger partial charge on any atom is -0.369 e. The van der Waals surface area contributed by atoms with Crippen molar-refractivity contribution < 1.29 is 0 Å². The van der Waals surface area contributed by atoms with Crippen molar-refractivity contribution in [2.75, 3.05) is 17.7 Å². The molecule has 0 unspecified atom stereocenters. The lowest BCUT2D eigenvalue weighted by atomic mass is 9.90. The molecule has 1 N–H and O–H groups in total. The molecule has 0 saturated carbocycles. The van der Waals surface area contributed by atoms with Gasteiger partial charge in [-0.1, -0.05) is 38.1 Å². The summed E-state index contributed by atoms with van der Waals surface area (Å²) in [7, 11) is 0. The van der Waals surface area contributed by atoms with E-state index in [1.165, 1.54) is 10.8 Å². The average molecular weight is 263 g/mol. The molecule has 2 nitrogen and oxygen atoms in total. The first kappa shape index (κ1) is 13.2. The van der Waals surface area contributed by atoms with E-state index >= 15 is 0 Å². The number of anilines is 1. The Labute approximate surface area is 113 Å². The fraction of sp³-hybridized carbons (Fsp3) is 0.400. The van der Waals surface area contributed by atoms with Crippen molar-refractivity contribution in [1.29, 1.82) is 0 Å². The van der Waals surface area contributed by atoms with E-state index in [-0.39, 0.29) is 5.41 Å². The maximum atomic E-state index is 5.82. The van der Waals surface area contributed by atoms with Crippen molar-refractivity contribution in [2.45, 2.75) is 20.3 Å². The zero-order valence-electron chi connectivity index (χ0n) is 10.9. The highest BCUT2D eigenvalue weighted by molar-refractivity contribution is 6.17. The maximum absolute atomic E-state index is 5.82. The Morgan fingerprint density at radius 3 is 2.78 bits per heavy atom. The number of aromatic nitrogens is 1. The molecular weight excluding hydrogens is 244 g/mol. The zero-order valence-corrected chi connectivity index (χ0v) is 11.7. The number of benzene rings is 1. The Morgan fingerprint density at radius 1 is 1.22 bits per heavy atom. The van der Waals surface area contributed by atoms with Gasteiger partial charge in [-0.2, -0.15) is 0 Å². The summed E-state index contributed by atoms with van der Waals surface area (Å²) in [6.07, 6.45) is 2.84. The highest BCUT2D eigenvalue weighted by Crippen LogP contribution is 2.24. The molecule has 0 bridgehead atoms. The third-order valence-electron chi connectivity index (χ3n) is 3.18. The van der Waals surface area contributed by atoms with Gasteiger partial charge in [0.25, 0.3) is 0 Å². The quantitative estimate of drug-likeness (QED) is 0.813. The molecule has 1 aromatic heterocycles. The van der Waals surface area contributed by atoms with Gasteiger partial charge in [0.05, 0.1) is 0 Å². The molecule has 18 heavy (non-hydrogen) atoms. The van der Waals surface area contributed by atoms with Gasteiger partial charge in [0.2, 0.25) is 0 Å². The minimum absolute atomic E-state index is 0.181. The second kappa shape index (κ2) is 5.57. The van der Waals surface area contributed by atoms with Gasteiger partial charge in [0.15, 0.2) is 0 Å². The summed E-state index contributed by atoms with van der Waals surface area (Å²) in [4.78, 5) is 4.43. The molecule has 1 aromatic carbocycles. The monoisotopic (exact) mass is 262 g/mol. The van der Waals surface area contributed by atoms with Crippen LogP contribution >= 0.6 is 11.6 Å². The topological polar surface area (TPSA) is 24.9 Å². The lowest BCUT2D eigenvalue weighted by molar-refractivity contribution is 0.379. The Morgan fingerprint density at radius 2 is 2.00 bits per heavy atom. The van der Waals surface area contributed by atoms with Crippen molar-refractivity contribution in [3.8, 4) is 0 Å². The van der Waals surface area contributed by atoms with Crippen LogP contribution < -0.4 is 5.32 Å². The molecule has 0 saturated heterocycles. The lowest BCUT2D eigenvalue weighted by Crippen LogP contribution is -2.24. The molecule has 2 aromatic rings. The Balaban J connectivity index is 2.17. The number of hydrogen-bond acceptors (Lipinski definition) is 2. The number of pyridine rings is 1. The lowest BCUT2D eigenvalue weighted by Gasteiger charge is -2.24. The average Bonchev–Trinajstić information content (AvgIpc) is 2.36. The summed E-state index contributed by atoms with van der Waals surface area (Å²) in [5.74, 6) is 1.65. The standard InChI is InChI=1S/C15H19ClN2/c1-15(2,8-9-16)11-18-14-13-6-4-3-5-12(13)7-10-17-14/h3-7,10H,8-9,11H2,1-2H3,(H,17,18). The first-order valence-electron chi connectivity index (χ1n) is 6.26. The van der Waals surface area contributed by atoms with Crippen LogP contribution in [-0.2, 0) is 0 Å². The van der Waals surface area contributed by atoms with Crippen LogP contribution in [0.2, 0.25) is 0 Å². The second-order valence-corrected chi connectivity index (χ2v) is 5.72. The summed E-state index contributed by atoms with van der Waals surface area (Å²) in [6.45, 7) is 5.31. The molecule has 0 atom stereocenters. The van der Waals surface area contributed by atoms with E-state index < -0.39 is 0 Å². The molecule has 0 amide bonds. The van der Waals surface area contributed by atoms with Crippen LogP contribution in [0.15, 0.2) is 36.5 Å². The molecule has 0 aliphatic heterocycles. The number of halogens is 1. The van der Waals surface area contributed by atoms with E-state index in [4.69, 9.17) is 11.6 Å². The first-order valence-corrected chi connectivity index (χ1v) is 6.79. The SMILES string of the molecule is CC(C)(CCCl)CNc1nccc2ccccc12. The largest absolute Gasteiger partial charge is 0.369 e. The van der Waals surface area contributed by atoms with Gasteiger partial charge in [-0.3, -0.25) is 0 Å². The van der Waals surface area contributed by atoms with Gasteiger partial charge in [-0.05, 0) is 23.3 Å². The van der Waals surface area contributed by atoms with Gasteiger partial charge in [-0.25, -0.2) is 4.98 Å². The van der Waals surface area contributed by atoms with Gasteiger partial charge in [0.1, 0.15) is 5.82 Å². The summed E-state index contributed by atoms with van der Waals surface area (Å²) in [5, 5.41) is 5.82. The Hall–Kier alpha value is -1.28. The van der Waals surface area contributed by atoms with Crippen LogP contribution in [0.1, 0.15) is 20.3 Å². The molecule has 2 rings (SSSR count). The van der Waals surface area contributed by atoms with Gasteiger partial charge in [-0.15, -0.1) is 11.6 Å². The number of nitrogens with zero attached hydrogens (tertiary/aromatic N) is 1. The highest BCUT2D eigenvalue weighted by atomic mass is 35.5. The van der Waals surface area contributed by atoms with E-state index in [9.17, 15) is 0 Å². The predicted octanol–water partition coefficient (Wildman–Crippen LogP) is 4.30. The van der Waals surface area contributed by atoms with E-state index in [2.05, 4.69) is 36.3 Å². The molecular formula is C15H19ClN2. The van der Waals surface area contributed by atoms with Crippen LogP contribution in [0.3, 0.4) is 0 Å². The smallest absolute Gasteiger partial charge is 0.133 e. The minimum atomic E-state index is 0.181. The third-order valence-corrected chi connectivity index (χ3v) is 3.37. The van der Waals surface area contributed by atoms with E-state index in [1.807, 2.05) is 24.4 Å². The van der Waals surface area contributed by atoms with Gasteiger partial charge in [0, 0.05) is 24.0 Å². The van der Waals surface area contributed by atoms with Crippen LogP contribution in [0.25, 0.3) is 10.8 Å². The highest BCUT2D eigenvalue weighted by Gasteiger charge is 2.17. The van der Waals surface area contributed by atoms with Crippen LogP contribution in [0.5, 0.6) is 0 Å². The number of nitrogens with one attached hydrogen (secondary N) is 1. The molecule has 0 radical (unpaired) electrons. The van der Waals surface area contributed by atoms with E-state index in [1.54, 1.807) is 0 Å². The zero-order chi connectivity index (χ0) is 13.0. The Kier molecular flexibility index (Phi) is 4.07. The van der Waals surface area contributed by atoms with Crippen LogP contribution in [0, 0.1) is 5.41 Å². The van der Waals surface area contributed by atoms with Gasteiger partial charge < -0.3 is 5.32 Å². The number of fused-ring (bicyclic) bond motifs is 1. The number of rotatable bonds is 5. The molecule has 3 heteroatoms. The Bertz CT molecular complexity index is 517. The van der Waals surface area contributed by atoms with Gasteiger partial charge >= 0.3 is 0 Å². The number of alkyl halides is 1. The second-order valence-electron chi connectivity index (χ2n) is 5.34. The fourth-order valence-electron chi connectivity index (χ4n) is 1.93. The summed E-state index contributed by atoms with van der Waals surface area (Å²) >= 11 is 5.82. The van der Waals surface area contributed by atoms with Crippen molar-refractivity contribution in [3.05, 3.63) is 36.5 Å². The summed E-state index contributed by atoms with van der Waals surface area (Å²) in [6, 6.07) is 10.3. The molecule has 96 valence electrons. The van der Waals surface area contributed by atoms with Crippen molar-refractivity contribution >= 4 is 28.2 Å². The molecule has 0 aliphatic carbocycles. The molecule has 0 spiro atoms.